The number of benzene rings is 2. The van der Waals surface area contributed by atoms with Gasteiger partial charge in [-0.25, -0.2) is 0 Å². The van der Waals surface area contributed by atoms with E-state index >= 15 is 0 Å². The Balaban J connectivity index is 1.62. The summed E-state index contributed by atoms with van der Waals surface area (Å²) < 4.78 is 0. The van der Waals surface area contributed by atoms with Crippen molar-refractivity contribution in [1.82, 2.24) is 10.2 Å². The molecule has 25 heavy (non-hydrogen) atoms. The lowest BCUT2D eigenvalue weighted by Gasteiger charge is -2.28. The number of nitrogen functional groups attached to an aromatic ring is 1. The van der Waals surface area contributed by atoms with Gasteiger partial charge in [-0.2, -0.15) is 0 Å². The quantitative estimate of drug-likeness (QED) is 0.797. The first kappa shape index (κ1) is 17.5. The van der Waals surface area contributed by atoms with Crippen LogP contribution in [-0.4, -0.2) is 30.4 Å². The summed E-state index contributed by atoms with van der Waals surface area (Å²) in [6.07, 6.45) is 2.87. The Bertz CT molecular complexity index is 688. The van der Waals surface area contributed by atoms with Crippen LogP contribution in [0.15, 0.2) is 48.5 Å². The molecule has 1 fully saturated rings. The lowest BCUT2D eigenvalue weighted by atomic mass is 10.0. The first-order valence-electron chi connectivity index (χ1n) is 9.03. The molecule has 0 radical (unpaired) electrons. The fraction of sp³-hybridized carbons (Fsp3) is 0.381. The van der Waals surface area contributed by atoms with E-state index in [1.54, 1.807) is 0 Å². The van der Waals surface area contributed by atoms with Gasteiger partial charge in [-0.15, -0.1) is 0 Å². The van der Waals surface area contributed by atoms with E-state index in [1.165, 1.54) is 24.0 Å². The number of hydrogen-bond acceptors (Lipinski definition) is 3. The lowest BCUT2D eigenvalue weighted by molar-refractivity contribution is -0.120. The van der Waals surface area contributed by atoms with E-state index in [2.05, 4.69) is 41.4 Å². The summed E-state index contributed by atoms with van der Waals surface area (Å²) in [6.45, 7) is 4.96. The summed E-state index contributed by atoms with van der Waals surface area (Å²) in [5, 5.41) is 3.12. The van der Waals surface area contributed by atoms with Gasteiger partial charge in [-0.05, 0) is 56.1 Å². The van der Waals surface area contributed by atoms with Gasteiger partial charge < -0.3 is 11.1 Å². The van der Waals surface area contributed by atoms with E-state index in [1.807, 2.05) is 24.3 Å². The molecule has 0 aromatic heterocycles. The molecular formula is C21H27N3O. The average Bonchev–Trinajstić information content (AvgIpc) is 3.13. The van der Waals surface area contributed by atoms with Crippen molar-refractivity contribution in [2.24, 2.45) is 0 Å². The van der Waals surface area contributed by atoms with Crippen molar-refractivity contribution in [3.8, 4) is 0 Å². The van der Waals surface area contributed by atoms with E-state index in [0.717, 1.165) is 24.3 Å². The van der Waals surface area contributed by atoms with Gasteiger partial charge >= 0.3 is 0 Å². The highest BCUT2D eigenvalue weighted by molar-refractivity contribution is 5.78. The zero-order valence-corrected chi connectivity index (χ0v) is 14.9. The molecule has 1 saturated heterocycles. The SMILES string of the molecule is Cc1ccc(C(CNC(=O)Cc2ccc(N)cc2)N2CCCC2)cc1. The van der Waals surface area contributed by atoms with Gasteiger partial charge in [0.15, 0.2) is 0 Å². The Kier molecular flexibility index (Phi) is 5.71. The molecule has 3 rings (SSSR count). The number of nitrogens with zero attached hydrogens (tertiary/aromatic N) is 1. The Morgan fingerprint density at radius 3 is 2.36 bits per heavy atom. The van der Waals surface area contributed by atoms with Crippen LogP contribution in [0.1, 0.15) is 35.6 Å². The van der Waals surface area contributed by atoms with E-state index in [9.17, 15) is 4.79 Å². The molecule has 3 N–H and O–H groups in total. The van der Waals surface area contributed by atoms with E-state index in [-0.39, 0.29) is 11.9 Å². The van der Waals surface area contributed by atoms with Gasteiger partial charge in [0.05, 0.1) is 12.5 Å². The van der Waals surface area contributed by atoms with Crippen molar-refractivity contribution in [3.05, 3.63) is 65.2 Å². The Morgan fingerprint density at radius 2 is 1.72 bits per heavy atom. The molecule has 4 heteroatoms. The number of carbonyl (C=O) groups is 1. The molecular weight excluding hydrogens is 310 g/mol. The average molecular weight is 337 g/mol. The third kappa shape index (κ3) is 4.83. The second-order valence-corrected chi connectivity index (χ2v) is 6.89. The molecule has 1 amide bonds. The fourth-order valence-electron chi connectivity index (χ4n) is 3.39. The number of rotatable bonds is 6. The molecule has 0 spiro atoms. The number of hydrogen-bond donors (Lipinski definition) is 2. The van der Waals surface area contributed by atoms with Crippen LogP contribution >= 0.6 is 0 Å². The molecule has 1 atom stereocenters. The number of likely N-dealkylation sites (tertiary alicyclic amines) is 1. The zero-order chi connectivity index (χ0) is 17.6. The van der Waals surface area contributed by atoms with Crippen LogP contribution in [-0.2, 0) is 11.2 Å². The normalized spacial score (nSPS) is 15.9. The van der Waals surface area contributed by atoms with Crippen molar-refractivity contribution >= 4 is 11.6 Å². The molecule has 1 unspecified atom stereocenters. The summed E-state index contributed by atoms with van der Waals surface area (Å²) >= 11 is 0. The van der Waals surface area contributed by atoms with Crippen molar-refractivity contribution < 1.29 is 4.79 Å². The highest BCUT2D eigenvalue weighted by Crippen LogP contribution is 2.25. The van der Waals surface area contributed by atoms with Gasteiger partial charge in [0.2, 0.25) is 5.91 Å². The van der Waals surface area contributed by atoms with Crippen LogP contribution in [0.25, 0.3) is 0 Å². The second kappa shape index (κ2) is 8.17. The topological polar surface area (TPSA) is 58.4 Å². The molecule has 132 valence electrons. The molecule has 1 aliphatic heterocycles. The van der Waals surface area contributed by atoms with Crippen molar-refractivity contribution in [2.45, 2.75) is 32.2 Å². The predicted octanol–water partition coefficient (Wildman–Crippen LogP) is 3.07. The largest absolute Gasteiger partial charge is 0.399 e. The van der Waals surface area contributed by atoms with E-state index < -0.39 is 0 Å². The minimum atomic E-state index is 0.0566. The molecule has 0 aliphatic carbocycles. The van der Waals surface area contributed by atoms with Crippen LogP contribution in [0.5, 0.6) is 0 Å². The predicted molar refractivity (Wildman–Crippen MR) is 102 cm³/mol. The number of nitrogens with two attached hydrogens (primary N) is 1. The third-order valence-electron chi connectivity index (χ3n) is 4.88. The second-order valence-electron chi connectivity index (χ2n) is 6.89. The Labute approximate surface area is 150 Å². The number of aryl methyl sites for hydroxylation is 1. The highest BCUT2D eigenvalue weighted by Gasteiger charge is 2.23. The monoisotopic (exact) mass is 337 g/mol. The number of amides is 1. The maximum absolute atomic E-state index is 12.3. The first-order chi connectivity index (χ1) is 12.1. The van der Waals surface area contributed by atoms with Crippen LogP contribution in [0.3, 0.4) is 0 Å². The maximum Gasteiger partial charge on any atom is 0.224 e. The Morgan fingerprint density at radius 1 is 1.08 bits per heavy atom. The molecule has 1 aliphatic rings. The number of anilines is 1. The zero-order valence-electron chi connectivity index (χ0n) is 14.9. The third-order valence-corrected chi connectivity index (χ3v) is 4.88. The number of nitrogens with one attached hydrogen (secondary N) is 1. The summed E-state index contributed by atoms with van der Waals surface area (Å²) in [4.78, 5) is 14.8. The van der Waals surface area contributed by atoms with Gasteiger partial charge in [-0.3, -0.25) is 9.69 Å². The van der Waals surface area contributed by atoms with Crippen LogP contribution in [0.4, 0.5) is 5.69 Å². The minimum absolute atomic E-state index is 0.0566. The fourth-order valence-corrected chi connectivity index (χ4v) is 3.39. The maximum atomic E-state index is 12.3. The van der Waals surface area contributed by atoms with Crippen LogP contribution in [0.2, 0.25) is 0 Å². The van der Waals surface area contributed by atoms with E-state index in [4.69, 9.17) is 5.73 Å². The molecule has 2 aromatic carbocycles. The standard InChI is InChI=1S/C21H27N3O/c1-16-4-8-18(9-5-16)20(24-12-2-3-13-24)15-23-21(25)14-17-6-10-19(22)11-7-17/h4-11,20H,2-3,12-15,22H2,1H3,(H,23,25). The van der Waals surface area contributed by atoms with Gasteiger partial charge in [-0.1, -0.05) is 42.0 Å². The van der Waals surface area contributed by atoms with Crippen LogP contribution < -0.4 is 11.1 Å². The van der Waals surface area contributed by atoms with Crippen molar-refractivity contribution in [1.29, 1.82) is 0 Å². The van der Waals surface area contributed by atoms with Gasteiger partial charge in [0.1, 0.15) is 0 Å². The lowest BCUT2D eigenvalue weighted by Crippen LogP contribution is -2.37. The molecule has 2 aromatic rings. The molecule has 1 heterocycles. The summed E-state index contributed by atoms with van der Waals surface area (Å²) in [5.74, 6) is 0.0566. The highest BCUT2D eigenvalue weighted by atomic mass is 16.1. The van der Waals surface area contributed by atoms with Gasteiger partial charge in [0, 0.05) is 12.2 Å². The molecule has 4 nitrogen and oxygen atoms in total. The summed E-state index contributed by atoms with van der Waals surface area (Å²) in [6, 6.07) is 16.4. The molecule has 0 bridgehead atoms. The van der Waals surface area contributed by atoms with Crippen LogP contribution in [0, 0.1) is 6.92 Å². The van der Waals surface area contributed by atoms with E-state index in [0.29, 0.717) is 13.0 Å². The summed E-state index contributed by atoms with van der Waals surface area (Å²) in [7, 11) is 0. The summed E-state index contributed by atoms with van der Waals surface area (Å²) in [5.41, 5.74) is 9.94. The minimum Gasteiger partial charge on any atom is -0.399 e. The first-order valence-corrected chi connectivity index (χ1v) is 9.03. The van der Waals surface area contributed by atoms with Crippen molar-refractivity contribution in [2.75, 3.05) is 25.4 Å². The van der Waals surface area contributed by atoms with Gasteiger partial charge in [0.25, 0.3) is 0 Å². The Hall–Kier alpha value is -2.33. The van der Waals surface area contributed by atoms with Crippen molar-refractivity contribution in [3.63, 3.8) is 0 Å². The smallest absolute Gasteiger partial charge is 0.224 e. The molecule has 0 saturated carbocycles. The number of carbonyl (C=O) groups excluding carboxylic acids is 1.